The number of rotatable bonds is 3. The number of nitrogens with one attached hydrogen (secondary N) is 1. The molecular formula is C17H22ClN3OS. The van der Waals surface area contributed by atoms with Crippen molar-refractivity contribution in [1.29, 1.82) is 0 Å². The van der Waals surface area contributed by atoms with Gasteiger partial charge in [-0.05, 0) is 31.9 Å². The molecule has 3 N–H and O–H groups in total. The third-order valence-corrected chi connectivity index (χ3v) is 5.20. The van der Waals surface area contributed by atoms with Crippen molar-refractivity contribution in [2.24, 2.45) is 11.7 Å². The average molecular weight is 352 g/mol. The van der Waals surface area contributed by atoms with Crippen molar-refractivity contribution in [2.45, 2.75) is 38.1 Å². The summed E-state index contributed by atoms with van der Waals surface area (Å²) >= 11 is 1.59. The molecule has 3 rings (SSSR count). The first-order valence-electron chi connectivity index (χ1n) is 7.66. The Morgan fingerprint density at radius 2 is 2.26 bits per heavy atom. The highest BCUT2D eigenvalue weighted by molar-refractivity contribution is 7.13. The molecule has 0 spiro atoms. The van der Waals surface area contributed by atoms with Gasteiger partial charge in [-0.2, -0.15) is 0 Å². The number of carbonyl (C=O) groups is 1. The number of hydrogen-bond donors (Lipinski definition) is 2. The summed E-state index contributed by atoms with van der Waals surface area (Å²) in [6.45, 7) is 1.99. The van der Waals surface area contributed by atoms with Crippen molar-refractivity contribution in [3.05, 3.63) is 35.8 Å². The van der Waals surface area contributed by atoms with Gasteiger partial charge in [0.1, 0.15) is 5.01 Å². The SMILES string of the molecule is CC1(N)CCCCC1C(=O)Nc1cccc(-c2nccs2)c1.Cl. The molecule has 2 atom stereocenters. The third-order valence-electron chi connectivity index (χ3n) is 4.38. The van der Waals surface area contributed by atoms with Crippen molar-refractivity contribution in [2.75, 3.05) is 5.32 Å². The summed E-state index contributed by atoms with van der Waals surface area (Å²) in [4.78, 5) is 16.9. The van der Waals surface area contributed by atoms with Crippen LogP contribution in [0.1, 0.15) is 32.6 Å². The summed E-state index contributed by atoms with van der Waals surface area (Å²) < 4.78 is 0. The summed E-state index contributed by atoms with van der Waals surface area (Å²) in [5.41, 5.74) is 7.73. The maximum atomic E-state index is 12.6. The van der Waals surface area contributed by atoms with Crippen LogP contribution in [0.25, 0.3) is 10.6 Å². The second-order valence-electron chi connectivity index (χ2n) is 6.21. The molecule has 1 aliphatic carbocycles. The fourth-order valence-electron chi connectivity index (χ4n) is 3.11. The Morgan fingerprint density at radius 1 is 1.43 bits per heavy atom. The Labute approximate surface area is 146 Å². The van der Waals surface area contributed by atoms with Crippen LogP contribution >= 0.6 is 23.7 Å². The maximum absolute atomic E-state index is 12.6. The van der Waals surface area contributed by atoms with Gasteiger partial charge in [0.05, 0.1) is 5.92 Å². The van der Waals surface area contributed by atoms with Crippen LogP contribution in [0.2, 0.25) is 0 Å². The van der Waals surface area contributed by atoms with Gasteiger partial charge >= 0.3 is 0 Å². The van der Waals surface area contributed by atoms with E-state index >= 15 is 0 Å². The fraction of sp³-hybridized carbons (Fsp3) is 0.412. The zero-order valence-electron chi connectivity index (χ0n) is 13.1. The molecule has 0 aliphatic heterocycles. The van der Waals surface area contributed by atoms with Gasteiger partial charge in [0.15, 0.2) is 0 Å². The van der Waals surface area contributed by atoms with E-state index in [0.29, 0.717) is 0 Å². The molecule has 0 saturated heterocycles. The molecule has 1 heterocycles. The second-order valence-corrected chi connectivity index (χ2v) is 7.11. The highest BCUT2D eigenvalue weighted by Crippen LogP contribution is 2.33. The molecule has 23 heavy (non-hydrogen) atoms. The Balaban J connectivity index is 0.00000192. The minimum absolute atomic E-state index is 0. The molecule has 1 aliphatic rings. The van der Waals surface area contributed by atoms with Crippen LogP contribution in [-0.2, 0) is 4.79 Å². The summed E-state index contributed by atoms with van der Waals surface area (Å²) in [5.74, 6) is -0.0919. The van der Waals surface area contributed by atoms with Gasteiger partial charge in [-0.25, -0.2) is 4.98 Å². The number of amides is 1. The van der Waals surface area contributed by atoms with Gasteiger partial charge < -0.3 is 11.1 Å². The van der Waals surface area contributed by atoms with Crippen molar-refractivity contribution < 1.29 is 4.79 Å². The first-order chi connectivity index (χ1) is 10.6. The van der Waals surface area contributed by atoms with E-state index in [4.69, 9.17) is 5.73 Å². The van der Waals surface area contributed by atoms with Crippen molar-refractivity contribution in [3.63, 3.8) is 0 Å². The molecule has 4 nitrogen and oxygen atoms in total. The second kappa shape index (κ2) is 7.43. The van der Waals surface area contributed by atoms with Crippen LogP contribution < -0.4 is 11.1 Å². The van der Waals surface area contributed by atoms with Gasteiger partial charge in [0, 0.05) is 28.4 Å². The summed E-state index contributed by atoms with van der Waals surface area (Å²) in [6.07, 6.45) is 5.74. The number of benzene rings is 1. The lowest BCUT2D eigenvalue weighted by Crippen LogP contribution is -2.51. The fourth-order valence-corrected chi connectivity index (χ4v) is 3.75. The molecule has 6 heteroatoms. The molecule has 124 valence electrons. The minimum atomic E-state index is -0.407. The van der Waals surface area contributed by atoms with Gasteiger partial charge in [-0.15, -0.1) is 23.7 Å². The van der Waals surface area contributed by atoms with Crippen LogP contribution in [0.4, 0.5) is 5.69 Å². The highest BCUT2D eigenvalue weighted by Gasteiger charge is 2.37. The predicted molar refractivity (Wildman–Crippen MR) is 98.0 cm³/mol. The average Bonchev–Trinajstić information content (AvgIpc) is 3.01. The first kappa shape index (κ1) is 17.9. The van der Waals surface area contributed by atoms with Gasteiger partial charge in [-0.1, -0.05) is 25.0 Å². The molecule has 0 bridgehead atoms. The van der Waals surface area contributed by atoms with E-state index in [0.717, 1.165) is 41.9 Å². The van der Waals surface area contributed by atoms with Crippen molar-refractivity contribution in [1.82, 2.24) is 4.98 Å². The molecule has 0 radical (unpaired) electrons. The lowest BCUT2D eigenvalue weighted by atomic mass is 9.74. The molecule has 2 unspecified atom stereocenters. The molecule has 1 saturated carbocycles. The van der Waals surface area contributed by atoms with Crippen molar-refractivity contribution in [3.8, 4) is 10.6 Å². The summed E-state index contributed by atoms with van der Waals surface area (Å²) in [7, 11) is 0. The summed E-state index contributed by atoms with van der Waals surface area (Å²) in [6, 6.07) is 7.82. The van der Waals surface area contributed by atoms with Crippen LogP contribution in [0.5, 0.6) is 0 Å². The van der Waals surface area contributed by atoms with E-state index < -0.39 is 5.54 Å². The number of hydrogen-bond acceptors (Lipinski definition) is 4. The lowest BCUT2D eigenvalue weighted by Gasteiger charge is -2.37. The standard InChI is InChI=1S/C17H21N3OS.ClH/c1-17(18)8-3-2-7-14(17)15(21)20-13-6-4-5-12(11-13)16-19-9-10-22-16;/h4-6,9-11,14H,2-3,7-8,18H2,1H3,(H,20,21);1H. The quantitative estimate of drug-likeness (QED) is 0.875. The molecular weight excluding hydrogens is 330 g/mol. The zero-order chi connectivity index (χ0) is 15.6. The zero-order valence-corrected chi connectivity index (χ0v) is 14.8. The Morgan fingerprint density at radius 3 is 2.96 bits per heavy atom. The van der Waals surface area contributed by atoms with E-state index in [1.165, 1.54) is 0 Å². The molecule has 1 amide bonds. The number of thiazole rings is 1. The Bertz CT molecular complexity index is 658. The number of nitrogens with zero attached hydrogens (tertiary/aromatic N) is 1. The largest absolute Gasteiger partial charge is 0.326 e. The minimum Gasteiger partial charge on any atom is -0.326 e. The van der Waals surface area contributed by atoms with Crippen LogP contribution in [0.15, 0.2) is 35.8 Å². The topological polar surface area (TPSA) is 68.0 Å². The molecule has 2 aromatic rings. The maximum Gasteiger partial charge on any atom is 0.229 e. The van der Waals surface area contributed by atoms with Gasteiger partial charge in [0.2, 0.25) is 5.91 Å². The summed E-state index contributed by atoms with van der Waals surface area (Å²) in [5, 5.41) is 5.93. The predicted octanol–water partition coefficient (Wildman–Crippen LogP) is 4.08. The van der Waals surface area contributed by atoms with Crippen LogP contribution in [-0.4, -0.2) is 16.4 Å². The van der Waals surface area contributed by atoms with E-state index in [-0.39, 0.29) is 24.2 Å². The number of aromatic nitrogens is 1. The third kappa shape index (κ3) is 4.10. The van der Waals surface area contributed by atoms with Crippen molar-refractivity contribution >= 4 is 35.3 Å². The number of carbonyl (C=O) groups excluding carboxylic acids is 1. The number of halogens is 1. The molecule has 1 fully saturated rings. The normalized spacial score (nSPS) is 23.8. The van der Waals surface area contributed by atoms with Gasteiger partial charge in [0.25, 0.3) is 0 Å². The van der Waals surface area contributed by atoms with E-state index in [9.17, 15) is 4.79 Å². The molecule has 1 aromatic heterocycles. The van der Waals surface area contributed by atoms with E-state index in [1.807, 2.05) is 36.6 Å². The van der Waals surface area contributed by atoms with E-state index in [1.54, 1.807) is 17.5 Å². The monoisotopic (exact) mass is 351 g/mol. The Hall–Kier alpha value is -1.43. The van der Waals surface area contributed by atoms with Gasteiger partial charge in [-0.3, -0.25) is 4.79 Å². The lowest BCUT2D eigenvalue weighted by molar-refractivity contribution is -0.122. The molecule has 1 aromatic carbocycles. The van der Waals surface area contributed by atoms with Crippen LogP contribution in [0.3, 0.4) is 0 Å². The first-order valence-corrected chi connectivity index (χ1v) is 8.54. The smallest absolute Gasteiger partial charge is 0.229 e. The number of nitrogens with two attached hydrogens (primary N) is 1. The highest BCUT2D eigenvalue weighted by atomic mass is 35.5. The van der Waals surface area contributed by atoms with Crippen LogP contribution in [0, 0.1) is 5.92 Å². The Kier molecular flexibility index (Phi) is 5.79. The van der Waals surface area contributed by atoms with E-state index in [2.05, 4.69) is 10.3 Å². The number of anilines is 1.